The minimum absolute atomic E-state index is 0.0591. The molecular weight excluding hydrogens is 374 g/mol. The predicted molar refractivity (Wildman–Crippen MR) is 121 cm³/mol. The van der Waals surface area contributed by atoms with Gasteiger partial charge in [-0.2, -0.15) is 0 Å². The van der Waals surface area contributed by atoms with Crippen LogP contribution in [0.15, 0.2) is 78.1 Å². The molecule has 5 heteroatoms. The maximum atomic E-state index is 9.77. The van der Waals surface area contributed by atoms with Crippen molar-refractivity contribution in [2.45, 2.75) is 19.8 Å². The van der Waals surface area contributed by atoms with E-state index in [1.807, 2.05) is 48.5 Å². The van der Waals surface area contributed by atoms with Gasteiger partial charge < -0.3 is 16.0 Å². The van der Waals surface area contributed by atoms with Gasteiger partial charge in [0.25, 0.3) is 0 Å². The first-order valence-corrected chi connectivity index (χ1v) is 9.90. The van der Waals surface area contributed by atoms with Gasteiger partial charge in [0.2, 0.25) is 0 Å². The zero-order chi connectivity index (χ0) is 21.1. The van der Waals surface area contributed by atoms with E-state index in [1.54, 1.807) is 18.3 Å². The molecule has 0 radical (unpaired) electrons. The van der Waals surface area contributed by atoms with E-state index < -0.39 is 0 Å². The summed E-state index contributed by atoms with van der Waals surface area (Å²) in [6.45, 7) is 2.12. The Kier molecular flexibility index (Phi) is 5.35. The maximum Gasteiger partial charge on any atom is 0.170 e. The second-order valence-electron chi connectivity index (χ2n) is 7.22. The van der Waals surface area contributed by atoms with E-state index in [1.165, 1.54) is 0 Å². The summed E-state index contributed by atoms with van der Waals surface area (Å²) in [4.78, 5) is 4.48. The smallest absolute Gasteiger partial charge is 0.170 e. The first-order valence-electron chi connectivity index (χ1n) is 9.90. The number of phenols is 1. The average molecular weight is 397 g/mol. The highest BCUT2D eigenvalue weighted by atomic mass is 16.4. The van der Waals surface area contributed by atoms with Crippen LogP contribution in [-0.2, 0) is 6.42 Å². The third kappa shape index (κ3) is 3.57. The van der Waals surface area contributed by atoms with Crippen molar-refractivity contribution in [3.8, 4) is 28.0 Å². The van der Waals surface area contributed by atoms with Gasteiger partial charge in [-0.1, -0.05) is 54.9 Å². The molecule has 4 N–H and O–H groups in total. The lowest BCUT2D eigenvalue weighted by Crippen LogP contribution is -2.15. The molecule has 4 aromatic rings. The standard InChI is InChI=1S/C25H23N3O2/c1-2-5-16-14-21(17-9-11-18(29)12-10-17)24(22(15-16)25(26)28-30)20-6-3-8-23-19(20)7-4-13-27-23/h3-4,6-15,29-30H,2,5H2,1H3,(H2,26,28). The number of nitrogens with two attached hydrogens (primary N) is 1. The molecule has 0 unspecified atom stereocenters. The molecule has 150 valence electrons. The van der Waals surface area contributed by atoms with Gasteiger partial charge in [0.1, 0.15) is 5.75 Å². The Morgan fingerprint density at radius 2 is 1.80 bits per heavy atom. The zero-order valence-corrected chi connectivity index (χ0v) is 16.7. The van der Waals surface area contributed by atoms with E-state index in [9.17, 15) is 10.3 Å². The summed E-state index contributed by atoms with van der Waals surface area (Å²) in [5.74, 6) is 0.264. The molecular formula is C25H23N3O2. The van der Waals surface area contributed by atoms with Crippen molar-refractivity contribution >= 4 is 16.7 Å². The molecule has 0 atom stereocenters. The minimum atomic E-state index is 0.0591. The monoisotopic (exact) mass is 397 g/mol. The van der Waals surface area contributed by atoms with E-state index in [0.29, 0.717) is 5.56 Å². The summed E-state index contributed by atoms with van der Waals surface area (Å²) in [6, 6.07) is 21.1. The fourth-order valence-electron chi connectivity index (χ4n) is 3.87. The van der Waals surface area contributed by atoms with E-state index in [-0.39, 0.29) is 11.6 Å². The van der Waals surface area contributed by atoms with Crippen LogP contribution < -0.4 is 5.73 Å². The summed E-state index contributed by atoms with van der Waals surface area (Å²) in [6.07, 6.45) is 3.61. The summed E-state index contributed by atoms with van der Waals surface area (Å²) < 4.78 is 0. The van der Waals surface area contributed by atoms with Crippen LogP contribution in [0.4, 0.5) is 0 Å². The fraction of sp³-hybridized carbons (Fsp3) is 0.120. The van der Waals surface area contributed by atoms with Crippen molar-refractivity contribution in [1.82, 2.24) is 4.98 Å². The molecule has 0 aliphatic rings. The van der Waals surface area contributed by atoms with Gasteiger partial charge >= 0.3 is 0 Å². The fourth-order valence-corrected chi connectivity index (χ4v) is 3.87. The Bertz CT molecular complexity index is 1230. The van der Waals surface area contributed by atoms with Crippen LogP contribution in [-0.4, -0.2) is 21.1 Å². The summed E-state index contributed by atoms with van der Waals surface area (Å²) in [5.41, 5.74) is 12.5. The molecule has 5 nitrogen and oxygen atoms in total. The Hall–Kier alpha value is -3.86. The number of pyridine rings is 1. The highest BCUT2D eigenvalue weighted by Crippen LogP contribution is 2.40. The number of fused-ring (bicyclic) bond motifs is 1. The topological polar surface area (TPSA) is 91.7 Å². The molecule has 3 aromatic carbocycles. The van der Waals surface area contributed by atoms with Gasteiger partial charge in [0, 0.05) is 22.7 Å². The van der Waals surface area contributed by atoms with E-state index in [0.717, 1.165) is 51.6 Å². The normalized spacial score (nSPS) is 11.7. The number of aryl methyl sites for hydroxylation is 1. The van der Waals surface area contributed by atoms with Crippen LogP contribution >= 0.6 is 0 Å². The molecule has 4 rings (SSSR count). The van der Waals surface area contributed by atoms with Crippen LogP contribution in [0.3, 0.4) is 0 Å². The lowest BCUT2D eigenvalue weighted by atomic mass is 9.86. The number of amidine groups is 1. The number of oxime groups is 1. The Morgan fingerprint density at radius 1 is 1.00 bits per heavy atom. The number of rotatable bonds is 5. The summed E-state index contributed by atoms with van der Waals surface area (Å²) in [7, 11) is 0. The Balaban J connectivity index is 2.12. The number of benzene rings is 3. The van der Waals surface area contributed by atoms with Crippen molar-refractivity contribution in [3.05, 3.63) is 84.1 Å². The van der Waals surface area contributed by atoms with Gasteiger partial charge in [-0.25, -0.2) is 0 Å². The predicted octanol–water partition coefficient (Wildman–Crippen LogP) is 5.32. The molecule has 0 saturated carbocycles. The third-order valence-electron chi connectivity index (χ3n) is 5.21. The molecule has 1 heterocycles. The van der Waals surface area contributed by atoms with Crippen LogP contribution in [0.1, 0.15) is 24.5 Å². The Labute approximate surface area is 175 Å². The zero-order valence-electron chi connectivity index (χ0n) is 16.7. The van der Waals surface area contributed by atoms with Crippen LogP contribution in [0.5, 0.6) is 5.75 Å². The molecule has 0 amide bonds. The highest BCUT2D eigenvalue weighted by molar-refractivity contribution is 6.10. The molecule has 0 spiro atoms. The van der Waals surface area contributed by atoms with Crippen LogP contribution in [0.25, 0.3) is 33.2 Å². The second-order valence-corrected chi connectivity index (χ2v) is 7.22. The number of aromatic hydroxyl groups is 1. The number of hydrogen-bond acceptors (Lipinski definition) is 4. The van der Waals surface area contributed by atoms with Gasteiger partial charge in [-0.3, -0.25) is 4.98 Å². The number of hydrogen-bond donors (Lipinski definition) is 3. The van der Waals surface area contributed by atoms with Crippen molar-refractivity contribution in [2.24, 2.45) is 10.9 Å². The van der Waals surface area contributed by atoms with Crippen LogP contribution in [0, 0.1) is 0 Å². The van der Waals surface area contributed by atoms with Crippen molar-refractivity contribution in [1.29, 1.82) is 0 Å². The quantitative estimate of drug-likeness (QED) is 0.184. The van der Waals surface area contributed by atoms with Crippen molar-refractivity contribution in [2.75, 3.05) is 0 Å². The number of nitrogens with zero attached hydrogens (tertiary/aromatic N) is 2. The molecule has 30 heavy (non-hydrogen) atoms. The number of aromatic nitrogens is 1. The summed E-state index contributed by atoms with van der Waals surface area (Å²) in [5, 5.41) is 23.6. The number of phenolic OH excluding ortho intramolecular Hbond substituents is 1. The first-order chi connectivity index (χ1) is 14.6. The first kappa shape index (κ1) is 19.5. The largest absolute Gasteiger partial charge is 0.508 e. The molecule has 1 aromatic heterocycles. The van der Waals surface area contributed by atoms with E-state index >= 15 is 0 Å². The van der Waals surface area contributed by atoms with Gasteiger partial charge in [0.15, 0.2) is 5.84 Å². The third-order valence-corrected chi connectivity index (χ3v) is 5.21. The Morgan fingerprint density at radius 3 is 2.53 bits per heavy atom. The van der Waals surface area contributed by atoms with E-state index in [2.05, 4.69) is 23.1 Å². The van der Waals surface area contributed by atoms with Gasteiger partial charge in [-0.05, 0) is 59.0 Å². The maximum absolute atomic E-state index is 9.77. The lowest BCUT2D eigenvalue weighted by Gasteiger charge is -2.19. The molecule has 0 fully saturated rings. The minimum Gasteiger partial charge on any atom is -0.508 e. The second kappa shape index (κ2) is 8.25. The van der Waals surface area contributed by atoms with Gasteiger partial charge in [0.05, 0.1) is 5.52 Å². The summed E-state index contributed by atoms with van der Waals surface area (Å²) >= 11 is 0. The molecule has 0 aliphatic carbocycles. The van der Waals surface area contributed by atoms with Crippen molar-refractivity contribution < 1.29 is 10.3 Å². The molecule has 0 bridgehead atoms. The highest BCUT2D eigenvalue weighted by Gasteiger charge is 2.19. The SMILES string of the molecule is CCCc1cc(/C(N)=N/O)c(-c2cccc3ncccc23)c(-c2ccc(O)cc2)c1. The van der Waals surface area contributed by atoms with Crippen LogP contribution in [0.2, 0.25) is 0 Å². The van der Waals surface area contributed by atoms with E-state index in [4.69, 9.17) is 5.73 Å². The lowest BCUT2D eigenvalue weighted by molar-refractivity contribution is 0.318. The average Bonchev–Trinajstić information content (AvgIpc) is 2.78. The van der Waals surface area contributed by atoms with Crippen molar-refractivity contribution in [3.63, 3.8) is 0 Å². The molecule has 0 saturated heterocycles. The van der Waals surface area contributed by atoms with Gasteiger partial charge in [-0.15, -0.1) is 0 Å². The molecule has 0 aliphatic heterocycles.